The van der Waals surface area contributed by atoms with Crippen molar-refractivity contribution in [3.05, 3.63) is 29.8 Å². The molecule has 1 aromatic carbocycles. The zero-order valence-corrected chi connectivity index (χ0v) is 7.09. The highest BCUT2D eigenvalue weighted by Gasteiger charge is 1.90. The molecule has 0 saturated heterocycles. The molecule has 0 aliphatic carbocycles. The summed E-state index contributed by atoms with van der Waals surface area (Å²) in [4.78, 5) is 0. The van der Waals surface area contributed by atoms with Crippen LogP contribution in [0.5, 0.6) is 0 Å². The van der Waals surface area contributed by atoms with Crippen molar-refractivity contribution in [3.63, 3.8) is 0 Å². The van der Waals surface area contributed by atoms with Gasteiger partial charge in [0.05, 0.1) is 0 Å². The van der Waals surface area contributed by atoms with Gasteiger partial charge >= 0.3 is 0 Å². The van der Waals surface area contributed by atoms with Crippen molar-refractivity contribution in [3.8, 4) is 0 Å². The lowest BCUT2D eigenvalue weighted by molar-refractivity contribution is 0.695. The van der Waals surface area contributed by atoms with Crippen LogP contribution in [0.4, 0.5) is 5.69 Å². The predicted octanol–water partition coefficient (Wildman–Crippen LogP) is 0.317. The quantitative estimate of drug-likeness (QED) is 0.444. The van der Waals surface area contributed by atoms with Crippen LogP contribution in [-0.4, -0.2) is 13.1 Å². The molecule has 0 fully saturated rings. The number of rotatable bonds is 4. The van der Waals surface area contributed by atoms with E-state index >= 15 is 0 Å². The van der Waals surface area contributed by atoms with Crippen molar-refractivity contribution in [2.45, 2.75) is 6.54 Å². The van der Waals surface area contributed by atoms with E-state index in [2.05, 4.69) is 5.32 Å². The monoisotopic (exact) mass is 165 g/mol. The van der Waals surface area contributed by atoms with Crippen LogP contribution in [-0.2, 0) is 6.54 Å². The van der Waals surface area contributed by atoms with Gasteiger partial charge in [-0.3, -0.25) is 0 Å². The Kier molecular flexibility index (Phi) is 3.57. The van der Waals surface area contributed by atoms with Crippen molar-refractivity contribution in [1.82, 2.24) is 5.32 Å². The highest BCUT2D eigenvalue weighted by atomic mass is 14.9. The van der Waals surface area contributed by atoms with Gasteiger partial charge in [-0.15, -0.1) is 0 Å². The summed E-state index contributed by atoms with van der Waals surface area (Å²) >= 11 is 0. The van der Waals surface area contributed by atoms with Crippen molar-refractivity contribution in [1.29, 1.82) is 0 Å². The Morgan fingerprint density at radius 2 is 1.83 bits per heavy atom. The molecule has 0 spiro atoms. The fourth-order valence-corrected chi connectivity index (χ4v) is 0.970. The van der Waals surface area contributed by atoms with E-state index in [1.165, 1.54) is 5.56 Å². The molecule has 0 atom stereocenters. The standard InChI is InChI=1S/C9H15N3/c10-5-6-12-7-8-1-3-9(11)4-2-8/h1-4,12H,5-7,10-11H2. The summed E-state index contributed by atoms with van der Waals surface area (Å²) in [5.74, 6) is 0. The largest absolute Gasteiger partial charge is 0.399 e. The van der Waals surface area contributed by atoms with Crippen LogP contribution in [0.25, 0.3) is 0 Å². The summed E-state index contributed by atoms with van der Waals surface area (Å²) in [6.45, 7) is 2.39. The van der Waals surface area contributed by atoms with E-state index in [1.54, 1.807) is 0 Å². The van der Waals surface area contributed by atoms with Crippen molar-refractivity contribution in [2.24, 2.45) is 5.73 Å². The molecule has 12 heavy (non-hydrogen) atoms. The van der Waals surface area contributed by atoms with Gasteiger partial charge in [-0.2, -0.15) is 0 Å². The van der Waals surface area contributed by atoms with Crippen LogP contribution >= 0.6 is 0 Å². The fraction of sp³-hybridized carbons (Fsp3) is 0.333. The zero-order valence-electron chi connectivity index (χ0n) is 7.09. The number of anilines is 1. The Balaban J connectivity index is 2.37. The van der Waals surface area contributed by atoms with E-state index in [-0.39, 0.29) is 0 Å². The first-order chi connectivity index (χ1) is 5.83. The minimum atomic E-state index is 0.676. The Labute approximate surface area is 72.8 Å². The van der Waals surface area contributed by atoms with E-state index in [0.29, 0.717) is 6.54 Å². The van der Waals surface area contributed by atoms with Crippen molar-refractivity contribution < 1.29 is 0 Å². The smallest absolute Gasteiger partial charge is 0.0314 e. The van der Waals surface area contributed by atoms with Gasteiger partial charge in [0.25, 0.3) is 0 Å². The molecular formula is C9H15N3. The van der Waals surface area contributed by atoms with Crippen LogP contribution in [0.2, 0.25) is 0 Å². The maximum atomic E-state index is 5.54. The van der Waals surface area contributed by atoms with Crippen LogP contribution in [0.15, 0.2) is 24.3 Å². The van der Waals surface area contributed by atoms with Gasteiger partial charge in [0.2, 0.25) is 0 Å². The van der Waals surface area contributed by atoms with Gasteiger partial charge in [0, 0.05) is 25.3 Å². The molecular weight excluding hydrogens is 150 g/mol. The molecule has 0 aromatic heterocycles. The van der Waals surface area contributed by atoms with Gasteiger partial charge in [-0.25, -0.2) is 0 Å². The molecule has 3 heteroatoms. The molecule has 3 nitrogen and oxygen atoms in total. The zero-order chi connectivity index (χ0) is 8.81. The molecule has 1 rings (SSSR count). The summed E-state index contributed by atoms with van der Waals surface area (Å²) < 4.78 is 0. The Hall–Kier alpha value is -1.06. The first kappa shape index (κ1) is 9.03. The average molecular weight is 165 g/mol. The lowest BCUT2D eigenvalue weighted by Gasteiger charge is -2.02. The molecule has 0 aliphatic rings. The van der Waals surface area contributed by atoms with Crippen molar-refractivity contribution >= 4 is 5.69 Å². The lowest BCUT2D eigenvalue weighted by Crippen LogP contribution is -2.21. The highest BCUT2D eigenvalue weighted by Crippen LogP contribution is 2.04. The summed E-state index contributed by atoms with van der Waals surface area (Å²) in [5, 5.41) is 3.20. The average Bonchev–Trinajstić information content (AvgIpc) is 2.09. The third-order valence-corrected chi connectivity index (χ3v) is 1.63. The van der Waals surface area contributed by atoms with E-state index in [4.69, 9.17) is 11.5 Å². The molecule has 0 amide bonds. The number of nitrogens with two attached hydrogens (primary N) is 2. The van der Waals surface area contributed by atoms with E-state index < -0.39 is 0 Å². The number of hydrogen-bond donors (Lipinski definition) is 3. The molecule has 0 radical (unpaired) electrons. The number of hydrogen-bond acceptors (Lipinski definition) is 3. The summed E-state index contributed by atoms with van der Waals surface area (Å²) in [5.41, 5.74) is 12.9. The molecule has 0 bridgehead atoms. The van der Waals surface area contributed by atoms with Crippen LogP contribution in [0.1, 0.15) is 5.56 Å². The molecule has 66 valence electrons. The molecule has 0 saturated carbocycles. The van der Waals surface area contributed by atoms with Gasteiger partial charge in [-0.05, 0) is 17.7 Å². The minimum absolute atomic E-state index is 0.676. The van der Waals surface area contributed by atoms with Crippen LogP contribution in [0, 0.1) is 0 Å². The lowest BCUT2D eigenvalue weighted by atomic mass is 10.2. The normalized spacial score (nSPS) is 10.1. The van der Waals surface area contributed by atoms with E-state index in [1.807, 2.05) is 24.3 Å². The highest BCUT2D eigenvalue weighted by molar-refractivity contribution is 5.39. The number of benzene rings is 1. The molecule has 0 unspecified atom stereocenters. The third-order valence-electron chi connectivity index (χ3n) is 1.63. The Bertz CT molecular complexity index is 218. The number of nitrogen functional groups attached to an aromatic ring is 1. The first-order valence-electron chi connectivity index (χ1n) is 4.08. The van der Waals surface area contributed by atoms with E-state index in [0.717, 1.165) is 18.8 Å². The minimum Gasteiger partial charge on any atom is -0.399 e. The molecule has 0 aliphatic heterocycles. The van der Waals surface area contributed by atoms with Gasteiger partial charge in [0.1, 0.15) is 0 Å². The fourth-order valence-electron chi connectivity index (χ4n) is 0.970. The maximum Gasteiger partial charge on any atom is 0.0314 e. The SMILES string of the molecule is NCCNCc1ccc(N)cc1. The molecule has 0 heterocycles. The number of nitrogens with one attached hydrogen (secondary N) is 1. The Morgan fingerprint density at radius 3 is 2.42 bits per heavy atom. The van der Waals surface area contributed by atoms with Gasteiger partial charge < -0.3 is 16.8 Å². The van der Waals surface area contributed by atoms with Crippen LogP contribution in [0.3, 0.4) is 0 Å². The van der Waals surface area contributed by atoms with Crippen molar-refractivity contribution in [2.75, 3.05) is 18.8 Å². The first-order valence-corrected chi connectivity index (χ1v) is 4.08. The summed E-state index contributed by atoms with van der Waals surface area (Å²) in [6, 6.07) is 7.83. The predicted molar refractivity (Wildman–Crippen MR) is 51.6 cm³/mol. The summed E-state index contributed by atoms with van der Waals surface area (Å²) in [7, 11) is 0. The van der Waals surface area contributed by atoms with Crippen LogP contribution < -0.4 is 16.8 Å². The second-order valence-electron chi connectivity index (χ2n) is 2.71. The molecule has 5 N–H and O–H groups in total. The van der Waals surface area contributed by atoms with E-state index in [9.17, 15) is 0 Å². The second kappa shape index (κ2) is 4.74. The summed E-state index contributed by atoms with van der Waals surface area (Å²) in [6.07, 6.45) is 0. The second-order valence-corrected chi connectivity index (χ2v) is 2.71. The third kappa shape index (κ3) is 2.90. The maximum absolute atomic E-state index is 5.54. The topological polar surface area (TPSA) is 64.1 Å². The Morgan fingerprint density at radius 1 is 1.17 bits per heavy atom. The van der Waals surface area contributed by atoms with Gasteiger partial charge in [-0.1, -0.05) is 12.1 Å². The molecule has 1 aromatic rings. The van der Waals surface area contributed by atoms with Gasteiger partial charge in [0.15, 0.2) is 0 Å².